The van der Waals surface area contributed by atoms with Crippen LogP contribution in [0.1, 0.15) is 24.1 Å². The number of aliphatic hydroxyl groups is 1. The van der Waals surface area contributed by atoms with Gasteiger partial charge in [-0.1, -0.05) is 6.07 Å². The highest BCUT2D eigenvalue weighted by Gasteiger charge is 2.10. The van der Waals surface area contributed by atoms with Crippen LogP contribution < -0.4 is 10.1 Å². The van der Waals surface area contributed by atoms with E-state index in [0.29, 0.717) is 16.9 Å². The summed E-state index contributed by atoms with van der Waals surface area (Å²) < 4.78 is 31.3. The van der Waals surface area contributed by atoms with E-state index in [2.05, 4.69) is 5.32 Å². The van der Waals surface area contributed by atoms with Crippen LogP contribution in [0, 0.1) is 11.6 Å². The van der Waals surface area contributed by atoms with E-state index in [1.165, 1.54) is 19.2 Å². The van der Waals surface area contributed by atoms with Gasteiger partial charge in [0.2, 0.25) is 0 Å². The first-order valence-electron chi connectivity index (χ1n) is 6.54. The molecule has 0 amide bonds. The van der Waals surface area contributed by atoms with Crippen molar-refractivity contribution in [3.8, 4) is 5.75 Å². The molecule has 2 aromatic carbocycles. The molecule has 0 heterocycles. The smallest absolute Gasteiger partial charge is 0.159 e. The Morgan fingerprint density at radius 2 is 1.90 bits per heavy atom. The van der Waals surface area contributed by atoms with E-state index in [9.17, 15) is 13.9 Å². The monoisotopic (exact) mass is 293 g/mol. The first-order valence-corrected chi connectivity index (χ1v) is 6.54. The highest BCUT2D eigenvalue weighted by molar-refractivity contribution is 5.52. The molecule has 21 heavy (non-hydrogen) atoms. The van der Waals surface area contributed by atoms with Crippen LogP contribution in [0.25, 0.3) is 0 Å². The Bertz CT molecular complexity index is 632. The lowest BCUT2D eigenvalue weighted by Gasteiger charge is -2.17. The molecule has 0 spiro atoms. The maximum Gasteiger partial charge on any atom is 0.159 e. The van der Waals surface area contributed by atoms with E-state index in [1.807, 2.05) is 6.92 Å². The number of anilines is 1. The van der Waals surface area contributed by atoms with Crippen LogP contribution in [0.2, 0.25) is 0 Å². The molecule has 0 aliphatic heterocycles. The number of hydrogen-bond donors (Lipinski definition) is 2. The number of nitrogens with one attached hydrogen (secondary N) is 1. The summed E-state index contributed by atoms with van der Waals surface area (Å²) in [4.78, 5) is 0. The van der Waals surface area contributed by atoms with Crippen LogP contribution in [0.4, 0.5) is 14.5 Å². The van der Waals surface area contributed by atoms with Crippen LogP contribution in [0.3, 0.4) is 0 Å². The first kappa shape index (κ1) is 15.3. The molecule has 0 aliphatic carbocycles. The normalized spacial score (nSPS) is 12.0. The van der Waals surface area contributed by atoms with Crippen molar-refractivity contribution in [1.82, 2.24) is 0 Å². The molecule has 0 saturated heterocycles. The summed E-state index contributed by atoms with van der Waals surface area (Å²) >= 11 is 0. The van der Waals surface area contributed by atoms with Crippen molar-refractivity contribution in [2.45, 2.75) is 19.6 Å². The summed E-state index contributed by atoms with van der Waals surface area (Å²) in [5, 5.41) is 12.5. The van der Waals surface area contributed by atoms with Gasteiger partial charge in [-0.2, -0.15) is 0 Å². The van der Waals surface area contributed by atoms with Gasteiger partial charge in [-0.15, -0.1) is 0 Å². The summed E-state index contributed by atoms with van der Waals surface area (Å²) in [6.07, 6.45) is 0. The van der Waals surface area contributed by atoms with Gasteiger partial charge in [-0.3, -0.25) is 0 Å². The average molecular weight is 293 g/mol. The largest absolute Gasteiger partial charge is 0.496 e. The highest BCUT2D eigenvalue weighted by Crippen LogP contribution is 2.26. The summed E-state index contributed by atoms with van der Waals surface area (Å²) in [6.45, 7) is 1.70. The standard InChI is InChI=1S/C16H17F2NO2/c1-10(11-3-5-14(17)15(18)8-11)19-13-4-6-16(21-2)12(7-13)9-20/h3-8,10,19-20H,9H2,1-2H3. The van der Waals surface area contributed by atoms with E-state index >= 15 is 0 Å². The third-order valence-corrected chi connectivity index (χ3v) is 3.28. The van der Waals surface area contributed by atoms with Gasteiger partial charge in [0.15, 0.2) is 11.6 Å². The fourth-order valence-corrected chi connectivity index (χ4v) is 2.11. The molecule has 2 N–H and O–H groups in total. The molecular weight excluding hydrogens is 276 g/mol. The fourth-order valence-electron chi connectivity index (χ4n) is 2.11. The molecular formula is C16H17F2NO2. The number of hydrogen-bond acceptors (Lipinski definition) is 3. The minimum absolute atomic E-state index is 0.141. The molecule has 0 saturated carbocycles. The van der Waals surface area contributed by atoms with Crippen molar-refractivity contribution in [3.63, 3.8) is 0 Å². The Morgan fingerprint density at radius 1 is 1.14 bits per heavy atom. The predicted octanol–water partition coefficient (Wildman–Crippen LogP) is 3.64. The number of aliphatic hydroxyl groups excluding tert-OH is 1. The minimum Gasteiger partial charge on any atom is -0.496 e. The molecule has 0 aromatic heterocycles. The molecule has 112 valence electrons. The van der Waals surface area contributed by atoms with Crippen molar-refractivity contribution in [1.29, 1.82) is 0 Å². The van der Waals surface area contributed by atoms with Gasteiger partial charge in [0, 0.05) is 17.3 Å². The van der Waals surface area contributed by atoms with Crippen molar-refractivity contribution in [2.24, 2.45) is 0 Å². The van der Waals surface area contributed by atoms with Gasteiger partial charge in [0.25, 0.3) is 0 Å². The topological polar surface area (TPSA) is 41.5 Å². The van der Waals surface area contributed by atoms with E-state index in [-0.39, 0.29) is 12.6 Å². The molecule has 0 bridgehead atoms. The highest BCUT2D eigenvalue weighted by atomic mass is 19.2. The number of rotatable bonds is 5. The molecule has 0 aliphatic rings. The third kappa shape index (κ3) is 3.49. The van der Waals surface area contributed by atoms with Gasteiger partial charge >= 0.3 is 0 Å². The SMILES string of the molecule is COc1ccc(NC(C)c2ccc(F)c(F)c2)cc1CO. The molecule has 2 aromatic rings. The maximum absolute atomic E-state index is 13.2. The number of methoxy groups -OCH3 is 1. The summed E-state index contributed by atoms with van der Waals surface area (Å²) in [5.41, 5.74) is 2.05. The summed E-state index contributed by atoms with van der Waals surface area (Å²) in [5.74, 6) is -1.13. The van der Waals surface area contributed by atoms with E-state index in [0.717, 1.165) is 11.8 Å². The second-order valence-corrected chi connectivity index (χ2v) is 4.72. The van der Waals surface area contributed by atoms with Crippen molar-refractivity contribution >= 4 is 5.69 Å². The van der Waals surface area contributed by atoms with Gasteiger partial charge in [-0.25, -0.2) is 8.78 Å². The Balaban J connectivity index is 2.18. The van der Waals surface area contributed by atoms with Crippen molar-refractivity contribution in [2.75, 3.05) is 12.4 Å². The zero-order valence-electron chi connectivity index (χ0n) is 11.9. The quantitative estimate of drug-likeness (QED) is 0.884. The lowest BCUT2D eigenvalue weighted by atomic mass is 10.1. The predicted molar refractivity (Wildman–Crippen MR) is 77.3 cm³/mol. The van der Waals surface area contributed by atoms with Crippen LogP contribution >= 0.6 is 0 Å². The zero-order chi connectivity index (χ0) is 15.4. The van der Waals surface area contributed by atoms with E-state index in [1.54, 1.807) is 18.2 Å². The minimum atomic E-state index is -0.869. The summed E-state index contributed by atoms with van der Waals surface area (Å²) in [7, 11) is 1.53. The number of halogens is 2. The van der Waals surface area contributed by atoms with Gasteiger partial charge in [-0.05, 0) is 42.8 Å². The van der Waals surface area contributed by atoms with Gasteiger partial charge in [0.05, 0.1) is 13.7 Å². The fraction of sp³-hybridized carbons (Fsp3) is 0.250. The molecule has 5 heteroatoms. The second-order valence-electron chi connectivity index (χ2n) is 4.72. The second kappa shape index (κ2) is 6.54. The molecule has 1 unspecified atom stereocenters. The average Bonchev–Trinajstić information content (AvgIpc) is 2.49. The Morgan fingerprint density at radius 3 is 2.52 bits per heavy atom. The number of benzene rings is 2. The lowest BCUT2D eigenvalue weighted by Crippen LogP contribution is -2.08. The summed E-state index contributed by atoms with van der Waals surface area (Å²) in [6, 6.07) is 8.90. The first-order chi connectivity index (χ1) is 10.0. The Labute approximate surface area is 122 Å². The molecule has 0 radical (unpaired) electrons. The van der Waals surface area contributed by atoms with Gasteiger partial charge in [0.1, 0.15) is 5.75 Å². The van der Waals surface area contributed by atoms with Crippen molar-refractivity contribution in [3.05, 3.63) is 59.2 Å². The Hall–Kier alpha value is -2.14. The van der Waals surface area contributed by atoms with E-state index < -0.39 is 11.6 Å². The third-order valence-electron chi connectivity index (χ3n) is 3.28. The van der Waals surface area contributed by atoms with Crippen LogP contribution in [-0.2, 0) is 6.61 Å². The van der Waals surface area contributed by atoms with Gasteiger partial charge < -0.3 is 15.2 Å². The van der Waals surface area contributed by atoms with Crippen LogP contribution in [-0.4, -0.2) is 12.2 Å². The van der Waals surface area contributed by atoms with Crippen LogP contribution in [0.15, 0.2) is 36.4 Å². The zero-order valence-corrected chi connectivity index (χ0v) is 11.9. The van der Waals surface area contributed by atoms with Crippen molar-refractivity contribution < 1.29 is 18.6 Å². The number of ether oxygens (including phenoxy) is 1. The Kier molecular flexibility index (Phi) is 4.75. The lowest BCUT2D eigenvalue weighted by molar-refractivity contribution is 0.274. The molecule has 2 rings (SSSR count). The van der Waals surface area contributed by atoms with E-state index in [4.69, 9.17) is 4.74 Å². The maximum atomic E-state index is 13.2. The molecule has 0 fully saturated rings. The molecule has 1 atom stereocenters. The van der Waals surface area contributed by atoms with Crippen LogP contribution in [0.5, 0.6) is 5.75 Å². The molecule has 3 nitrogen and oxygen atoms in total.